The van der Waals surface area contributed by atoms with Crippen LogP contribution in [0.3, 0.4) is 0 Å². The Labute approximate surface area is 124 Å². The molecule has 0 atom stereocenters. The minimum absolute atomic E-state index is 0.0957. The predicted octanol–water partition coefficient (Wildman–Crippen LogP) is 3.16. The molecule has 5 heteroatoms. The summed E-state index contributed by atoms with van der Waals surface area (Å²) in [7, 11) is 0. The van der Waals surface area contributed by atoms with Crippen molar-refractivity contribution >= 4 is 12.1 Å². The highest BCUT2D eigenvalue weighted by Gasteiger charge is 2.32. The lowest BCUT2D eigenvalue weighted by Gasteiger charge is -2.36. The number of alkyl carbamates (subject to hydrolysis) is 1. The Hall–Kier alpha value is -2.04. The summed E-state index contributed by atoms with van der Waals surface area (Å²) >= 11 is 0. The van der Waals surface area contributed by atoms with Gasteiger partial charge in [-0.15, -0.1) is 0 Å². The normalized spacial score (nSPS) is 21.3. The molecule has 0 saturated heterocycles. The molecule has 0 unspecified atom stereocenters. The molecule has 21 heavy (non-hydrogen) atoms. The van der Waals surface area contributed by atoms with Gasteiger partial charge in [-0.05, 0) is 57.2 Å². The number of carbonyl (C=O) groups excluding carboxylic acids is 1. The molecule has 1 aromatic carbocycles. The van der Waals surface area contributed by atoms with Crippen LogP contribution in [0.4, 0.5) is 4.79 Å². The van der Waals surface area contributed by atoms with Gasteiger partial charge in [0.1, 0.15) is 5.60 Å². The van der Waals surface area contributed by atoms with E-state index in [1.165, 1.54) is 0 Å². The Kier molecular flexibility index (Phi) is 4.21. The second-order valence-corrected chi connectivity index (χ2v) is 6.44. The summed E-state index contributed by atoms with van der Waals surface area (Å²) in [5, 5.41) is 11.8. The van der Waals surface area contributed by atoms with Crippen LogP contribution in [0, 0.1) is 0 Å². The van der Waals surface area contributed by atoms with Crippen molar-refractivity contribution in [2.75, 3.05) is 0 Å². The number of rotatable bonds is 3. The van der Waals surface area contributed by atoms with Crippen LogP contribution in [0.2, 0.25) is 0 Å². The van der Waals surface area contributed by atoms with Crippen LogP contribution >= 0.6 is 0 Å². The highest BCUT2D eigenvalue weighted by Crippen LogP contribution is 2.37. The van der Waals surface area contributed by atoms with Crippen molar-refractivity contribution in [3.05, 3.63) is 35.4 Å². The molecule has 0 aliphatic heterocycles. The number of hydrogen-bond donors (Lipinski definition) is 2. The minimum atomic E-state index is -0.917. The molecule has 0 spiro atoms. The summed E-state index contributed by atoms with van der Waals surface area (Å²) in [5.41, 5.74) is 0.816. The molecule has 1 aromatic rings. The standard InChI is InChI=1S/C16H21NO4/c1-16(2,3)21-15(20)17-13-8-12(9-13)10-5-4-6-11(7-10)14(18)19/h4-7,12-13H,8-9H2,1-3H3,(H,17,20)(H,18,19). The third-order valence-corrected chi connectivity index (χ3v) is 3.46. The van der Waals surface area contributed by atoms with Crippen molar-refractivity contribution in [2.24, 2.45) is 0 Å². The van der Waals surface area contributed by atoms with E-state index < -0.39 is 17.7 Å². The lowest BCUT2D eigenvalue weighted by Crippen LogP contribution is -2.45. The SMILES string of the molecule is CC(C)(C)OC(=O)NC1CC(c2cccc(C(=O)O)c2)C1. The zero-order valence-corrected chi connectivity index (χ0v) is 12.6. The van der Waals surface area contributed by atoms with Crippen molar-refractivity contribution in [2.45, 2.75) is 51.2 Å². The fraction of sp³-hybridized carbons (Fsp3) is 0.500. The number of aromatic carboxylic acids is 1. The van der Waals surface area contributed by atoms with E-state index in [9.17, 15) is 9.59 Å². The van der Waals surface area contributed by atoms with Crippen molar-refractivity contribution in [1.29, 1.82) is 0 Å². The number of carbonyl (C=O) groups is 2. The largest absolute Gasteiger partial charge is 0.478 e. The first-order valence-corrected chi connectivity index (χ1v) is 7.07. The summed E-state index contributed by atoms with van der Waals surface area (Å²) < 4.78 is 5.21. The Morgan fingerprint density at radius 3 is 2.52 bits per heavy atom. The molecule has 0 heterocycles. The summed E-state index contributed by atoms with van der Waals surface area (Å²) in [6, 6.07) is 7.07. The molecule has 1 saturated carbocycles. The van der Waals surface area contributed by atoms with E-state index >= 15 is 0 Å². The Morgan fingerprint density at radius 2 is 1.95 bits per heavy atom. The summed E-state index contributed by atoms with van der Waals surface area (Å²) in [5.74, 6) is -0.621. The molecule has 114 valence electrons. The zero-order valence-electron chi connectivity index (χ0n) is 12.6. The Bertz CT molecular complexity index is 541. The van der Waals surface area contributed by atoms with Crippen LogP contribution in [0.1, 0.15) is 55.5 Å². The second-order valence-electron chi connectivity index (χ2n) is 6.44. The van der Waals surface area contributed by atoms with Crippen molar-refractivity contribution < 1.29 is 19.4 Å². The van der Waals surface area contributed by atoms with Crippen molar-refractivity contribution in [3.8, 4) is 0 Å². The van der Waals surface area contributed by atoms with Gasteiger partial charge in [-0.25, -0.2) is 9.59 Å². The molecule has 1 aliphatic rings. The fourth-order valence-corrected chi connectivity index (χ4v) is 2.41. The maximum Gasteiger partial charge on any atom is 0.407 e. The van der Waals surface area contributed by atoms with Gasteiger partial charge in [0.05, 0.1) is 5.56 Å². The lowest BCUT2D eigenvalue weighted by molar-refractivity contribution is 0.0471. The van der Waals surface area contributed by atoms with E-state index in [4.69, 9.17) is 9.84 Å². The first-order chi connectivity index (χ1) is 9.74. The van der Waals surface area contributed by atoms with Crippen LogP contribution in [0.25, 0.3) is 0 Å². The van der Waals surface area contributed by atoms with Crippen LogP contribution in [0.5, 0.6) is 0 Å². The number of benzene rings is 1. The van der Waals surface area contributed by atoms with E-state index in [2.05, 4.69) is 5.32 Å². The quantitative estimate of drug-likeness (QED) is 0.897. The van der Waals surface area contributed by atoms with Crippen molar-refractivity contribution in [3.63, 3.8) is 0 Å². The van der Waals surface area contributed by atoms with E-state index in [1.54, 1.807) is 18.2 Å². The van der Waals surface area contributed by atoms with Gasteiger partial charge >= 0.3 is 12.1 Å². The summed E-state index contributed by atoms with van der Waals surface area (Å²) in [6.07, 6.45) is 1.22. The first-order valence-electron chi connectivity index (χ1n) is 7.07. The van der Waals surface area contributed by atoms with Gasteiger partial charge in [-0.3, -0.25) is 0 Å². The highest BCUT2D eigenvalue weighted by atomic mass is 16.6. The third kappa shape index (κ3) is 4.21. The molecule has 2 rings (SSSR count). The number of ether oxygens (including phenoxy) is 1. The van der Waals surface area contributed by atoms with Gasteiger partial charge in [0.25, 0.3) is 0 Å². The molecule has 0 aromatic heterocycles. The number of amides is 1. The molecule has 1 fully saturated rings. The smallest absolute Gasteiger partial charge is 0.407 e. The van der Waals surface area contributed by atoms with Gasteiger partial charge in [0, 0.05) is 6.04 Å². The zero-order chi connectivity index (χ0) is 15.6. The third-order valence-electron chi connectivity index (χ3n) is 3.46. The number of hydrogen-bond acceptors (Lipinski definition) is 3. The molecular weight excluding hydrogens is 270 g/mol. The molecule has 1 aliphatic carbocycles. The monoisotopic (exact) mass is 291 g/mol. The van der Waals surface area contributed by atoms with Gasteiger partial charge in [0.15, 0.2) is 0 Å². The van der Waals surface area contributed by atoms with Crippen LogP contribution in [-0.2, 0) is 4.74 Å². The molecule has 5 nitrogen and oxygen atoms in total. The first kappa shape index (κ1) is 15.4. The number of nitrogens with one attached hydrogen (secondary N) is 1. The van der Waals surface area contributed by atoms with Gasteiger partial charge in [0.2, 0.25) is 0 Å². The summed E-state index contributed by atoms with van der Waals surface area (Å²) in [4.78, 5) is 22.6. The minimum Gasteiger partial charge on any atom is -0.478 e. The molecule has 2 N–H and O–H groups in total. The van der Waals surface area contributed by atoms with Crippen LogP contribution in [-0.4, -0.2) is 28.8 Å². The van der Waals surface area contributed by atoms with Crippen LogP contribution in [0.15, 0.2) is 24.3 Å². The Balaban J connectivity index is 1.85. The highest BCUT2D eigenvalue weighted by molar-refractivity contribution is 5.87. The Morgan fingerprint density at radius 1 is 1.29 bits per heavy atom. The van der Waals surface area contributed by atoms with E-state index in [1.807, 2.05) is 26.8 Å². The van der Waals surface area contributed by atoms with E-state index in [-0.39, 0.29) is 6.04 Å². The van der Waals surface area contributed by atoms with Gasteiger partial charge < -0.3 is 15.2 Å². The van der Waals surface area contributed by atoms with Crippen LogP contribution < -0.4 is 5.32 Å². The fourth-order valence-electron chi connectivity index (χ4n) is 2.41. The average Bonchev–Trinajstić information content (AvgIpc) is 2.31. The average molecular weight is 291 g/mol. The molecule has 0 bridgehead atoms. The van der Waals surface area contributed by atoms with Gasteiger partial charge in [-0.2, -0.15) is 0 Å². The predicted molar refractivity (Wildman–Crippen MR) is 78.5 cm³/mol. The van der Waals surface area contributed by atoms with Gasteiger partial charge in [-0.1, -0.05) is 12.1 Å². The lowest BCUT2D eigenvalue weighted by atomic mass is 9.75. The van der Waals surface area contributed by atoms with E-state index in [0.29, 0.717) is 11.5 Å². The topological polar surface area (TPSA) is 75.6 Å². The molecule has 0 radical (unpaired) electrons. The molecular formula is C16H21NO4. The number of carboxylic acid groups (broad SMARTS) is 1. The van der Waals surface area contributed by atoms with Crippen molar-refractivity contribution in [1.82, 2.24) is 5.32 Å². The molecule has 1 amide bonds. The second kappa shape index (κ2) is 5.76. The summed E-state index contributed by atoms with van der Waals surface area (Å²) in [6.45, 7) is 5.48. The maximum atomic E-state index is 11.6. The maximum absolute atomic E-state index is 11.6. The number of carboxylic acids is 1. The van der Waals surface area contributed by atoms with E-state index in [0.717, 1.165) is 18.4 Å².